The van der Waals surface area contributed by atoms with Crippen molar-refractivity contribution in [3.8, 4) is 11.1 Å². The van der Waals surface area contributed by atoms with Gasteiger partial charge in [0.15, 0.2) is 0 Å². The summed E-state index contributed by atoms with van der Waals surface area (Å²) in [4.78, 5) is 13.2. The van der Waals surface area contributed by atoms with Crippen molar-refractivity contribution < 1.29 is 9.53 Å². The number of benzene rings is 10. The maximum absolute atomic E-state index is 13.2. The topological polar surface area (TPSA) is 26.3 Å². The number of ether oxygens (including phenoxy) is 1. The summed E-state index contributed by atoms with van der Waals surface area (Å²) in [5.41, 5.74) is 23.0. The Hall–Kier alpha value is -6.77. The van der Waals surface area contributed by atoms with Crippen molar-refractivity contribution in [2.24, 2.45) is 5.92 Å². The quantitative estimate of drug-likeness (QED) is 0.0988. The third-order valence-corrected chi connectivity index (χ3v) is 20.6. The van der Waals surface area contributed by atoms with Gasteiger partial charge in [0.25, 0.3) is 0 Å². The Morgan fingerprint density at radius 2 is 1.10 bits per heavy atom. The van der Waals surface area contributed by atoms with Gasteiger partial charge in [-0.1, -0.05) is 66.7 Å². The molecule has 2 nitrogen and oxygen atoms in total. The highest BCUT2D eigenvalue weighted by Gasteiger charge is 2.94. The molecular weight excluding hydrogens is 753 g/mol. The molecule has 2 spiro atoms. The molecule has 0 heterocycles. The fourth-order valence-corrected chi connectivity index (χ4v) is 19.9. The second-order valence-electron chi connectivity index (χ2n) is 21.6. The first-order chi connectivity index (χ1) is 30.7. The zero-order valence-corrected chi connectivity index (χ0v) is 33.5. The predicted octanol–water partition coefficient (Wildman–Crippen LogP) is 13.4. The van der Waals surface area contributed by atoms with Crippen LogP contribution in [0.3, 0.4) is 0 Å². The van der Waals surface area contributed by atoms with Crippen molar-refractivity contribution in [2.75, 3.05) is 7.11 Å². The normalized spacial score (nSPS) is 27.3. The van der Waals surface area contributed by atoms with Crippen molar-refractivity contribution in [3.05, 3.63) is 140 Å². The molecule has 1 saturated carbocycles. The van der Waals surface area contributed by atoms with Crippen molar-refractivity contribution in [1.29, 1.82) is 0 Å². The van der Waals surface area contributed by atoms with E-state index in [1.54, 1.807) is 160 Å². The fourth-order valence-electron chi connectivity index (χ4n) is 19.9. The van der Waals surface area contributed by atoms with Gasteiger partial charge in [0.1, 0.15) is 0 Å². The predicted molar refractivity (Wildman–Crippen MR) is 249 cm³/mol. The van der Waals surface area contributed by atoms with Gasteiger partial charge in [0.2, 0.25) is 0 Å². The summed E-state index contributed by atoms with van der Waals surface area (Å²) in [6.07, 6.45) is 9.74. The highest BCUT2D eigenvalue weighted by atomic mass is 16.5. The minimum atomic E-state index is -0.305. The first kappa shape index (κ1) is 28.0. The molecule has 0 saturated heterocycles. The van der Waals surface area contributed by atoms with E-state index in [2.05, 4.69) is 78.9 Å². The van der Waals surface area contributed by atoms with Crippen LogP contribution in [0.25, 0.3) is 130 Å². The number of carbonyl (C=O) groups is 1. The largest absolute Gasteiger partial charge is 0.469 e. The third-order valence-electron chi connectivity index (χ3n) is 20.6. The standard InChI is InChI=1S/C60H28O2/c1-62-32(61)8-5-13-58(25-6-3-2-4-7-25)59-54-28-11-9-26-30-18-23-16-20-14-22-15-21-17-24-19-31-27-10-12-29(28)55(59)41(27)51-39(31)45-36(24)34(21)43-37(22)42-33(20)35(23)44-38(30)50(40(26)54)56-52-48(44)46(42)47(43)49(45)53(52)57(51)60(56,58)59/h2-4,6-7,9-12,14-15,18-19,22,37H,5,8,13,16-17H2,1H3. The molecule has 10 aliphatic rings. The zero-order valence-electron chi connectivity index (χ0n) is 33.5. The second kappa shape index (κ2) is 7.39. The molecule has 62 heavy (non-hydrogen) atoms. The van der Waals surface area contributed by atoms with Gasteiger partial charge in [-0.2, -0.15) is 0 Å². The average molecular weight is 781 g/mol. The van der Waals surface area contributed by atoms with E-state index < -0.39 is 0 Å². The number of fused-ring (bicyclic) bond motifs is 3. The Morgan fingerprint density at radius 1 is 0.565 bits per heavy atom. The number of carbonyl (C=O) groups excluding carboxylic acids is 1. The van der Waals surface area contributed by atoms with Gasteiger partial charge in [-0.05, 0) is 229 Å². The lowest BCUT2D eigenvalue weighted by atomic mass is 9.67. The van der Waals surface area contributed by atoms with Crippen molar-refractivity contribution in [1.82, 2.24) is 0 Å². The van der Waals surface area contributed by atoms with Crippen LogP contribution in [0.5, 0.6) is 0 Å². The van der Waals surface area contributed by atoms with E-state index in [4.69, 9.17) is 4.74 Å². The molecule has 0 aromatic heterocycles. The molecule has 1 unspecified atom stereocenters. The van der Waals surface area contributed by atoms with Crippen LogP contribution < -0.4 is 0 Å². The van der Waals surface area contributed by atoms with Crippen LogP contribution in [0.15, 0.2) is 78.9 Å². The molecule has 10 aliphatic carbocycles. The summed E-state index contributed by atoms with van der Waals surface area (Å²) in [5, 5.41) is 31.4. The number of esters is 1. The fraction of sp³-hybridized carbons (Fsp3) is 0.183. The highest BCUT2D eigenvalue weighted by molar-refractivity contribution is 6.56. The molecule has 12 aromatic rings. The van der Waals surface area contributed by atoms with E-state index >= 15 is 0 Å². The number of rotatable bonds is 5. The molecule has 2 heteroatoms. The SMILES string of the molecule is COC(=O)CCCC1(c2ccccc2)C23c4c5ccc6c7cc8c9c%10c%11c%12c%13c%14c%15c%16c(cc%17c%18ccc-5c2c%18c2c5c(c%18c(c(c46)c7c9c%12%18)C513)c%13c%16c%172)CC%15=CC(C=C%10C8)C%11%14. The molecule has 280 valence electrons. The number of allylic oxidation sites excluding steroid dienone is 4. The van der Waals surface area contributed by atoms with Crippen molar-refractivity contribution in [3.63, 3.8) is 0 Å². The van der Waals surface area contributed by atoms with E-state index in [1.807, 2.05) is 0 Å². The van der Waals surface area contributed by atoms with Gasteiger partial charge < -0.3 is 4.74 Å². The van der Waals surface area contributed by atoms with Gasteiger partial charge in [0, 0.05) is 34.5 Å². The molecule has 0 aliphatic heterocycles. The lowest BCUT2D eigenvalue weighted by Crippen LogP contribution is -2.26. The Balaban J connectivity index is 1.15. The summed E-state index contributed by atoms with van der Waals surface area (Å²) < 4.78 is 5.41. The van der Waals surface area contributed by atoms with Crippen LogP contribution in [-0.2, 0) is 38.6 Å². The molecule has 1 atom stereocenters. The van der Waals surface area contributed by atoms with Gasteiger partial charge in [0.05, 0.1) is 7.11 Å². The van der Waals surface area contributed by atoms with Gasteiger partial charge in [-0.15, -0.1) is 0 Å². The van der Waals surface area contributed by atoms with Gasteiger partial charge >= 0.3 is 5.97 Å². The lowest BCUT2D eigenvalue weighted by Gasteiger charge is -2.34. The first-order valence-corrected chi connectivity index (χ1v) is 23.2. The summed E-state index contributed by atoms with van der Waals surface area (Å²) in [6, 6.07) is 27.4. The molecular formula is C60H28O2. The average Bonchev–Trinajstić information content (AvgIpc) is 4.05. The summed E-state index contributed by atoms with van der Waals surface area (Å²) >= 11 is 0. The number of hydrogen-bond donors (Lipinski definition) is 0. The van der Waals surface area contributed by atoms with E-state index in [0.717, 1.165) is 25.7 Å². The Labute approximate surface area is 351 Å². The monoisotopic (exact) mass is 780 g/mol. The van der Waals surface area contributed by atoms with E-state index in [9.17, 15) is 4.79 Å². The molecule has 22 rings (SSSR count). The van der Waals surface area contributed by atoms with Crippen LogP contribution in [0.2, 0.25) is 0 Å². The summed E-state index contributed by atoms with van der Waals surface area (Å²) in [7, 11) is 1.56. The first-order valence-electron chi connectivity index (χ1n) is 23.2. The minimum absolute atomic E-state index is 0.0973. The third kappa shape index (κ3) is 1.92. The molecule has 12 aromatic carbocycles. The molecule has 0 N–H and O–H groups in total. The maximum Gasteiger partial charge on any atom is 0.305 e. The molecule has 0 bridgehead atoms. The van der Waals surface area contributed by atoms with E-state index in [0.29, 0.717) is 18.3 Å². The second-order valence-corrected chi connectivity index (χ2v) is 21.6. The van der Waals surface area contributed by atoms with Crippen LogP contribution in [-0.4, -0.2) is 13.1 Å². The van der Waals surface area contributed by atoms with Gasteiger partial charge in [-0.3, -0.25) is 4.79 Å². The Morgan fingerprint density at radius 3 is 1.66 bits per heavy atom. The van der Waals surface area contributed by atoms with Crippen molar-refractivity contribution in [2.45, 2.75) is 54.3 Å². The minimum Gasteiger partial charge on any atom is -0.469 e. The number of hydrogen-bond acceptors (Lipinski definition) is 2. The molecule has 0 radical (unpaired) electrons. The van der Waals surface area contributed by atoms with Gasteiger partial charge in [-0.25, -0.2) is 0 Å². The number of methoxy groups -OCH3 is 1. The summed E-state index contributed by atoms with van der Waals surface area (Å²) in [6.45, 7) is 0. The Bertz CT molecular complexity index is 4450. The smallest absolute Gasteiger partial charge is 0.305 e. The van der Waals surface area contributed by atoms with E-state index in [-0.39, 0.29) is 22.2 Å². The summed E-state index contributed by atoms with van der Waals surface area (Å²) in [5.74, 6) is 0.710. The molecule has 1 fully saturated rings. The van der Waals surface area contributed by atoms with Crippen LogP contribution >= 0.6 is 0 Å². The van der Waals surface area contributed by atoms with Crippen LogP contribution in [0, 0.1) is 5.92 Å². The van der Waals surface area contributed by atoms with E-state index in [1.165, 1.54) is 38.2 Å². The maximum atomic E-state index is 13.2. The van der Waals surface area contributed by atoms with Crippen LogP contribution in [0.1, 0.15) is 86.4 Å². The van der Waals surface area contributed by atoms with Crippen molar-refractivity contribution >= 4 is 125 Å². The Kier molecular flexibility index (Phi) is 3.33. The lowest BCUT2D eigenvalue weighted by molar-refractivity contribution is -0.140. The zero-order chi connectivity index (χ0) is 38.9. The highest BCUT2D eigenvalue weighted by Crippen LogP contribution is 2.95. The molecule has 0 amide bonds. The van der Waals surface area contributed by atoms with Crippen LogP contribution in [0.4, 0.5) is 0 Å².